The molecule has 1 aromatic carbocycles. The molecular formula is C12H11F3N4O2S2. The van der Waals surface area contributed by atoms with E-state index in [0.717, 1.165) is 12.1 Å². The minimum absolute atomic E-state index is 0.0608. The van der Waals surface area contributed by atoms with Gasteiger partial charge in [0, 0.05) is 25.4 Å². The van der Waals surface area contributed by atoms with Crippen LogP contribution in [0.3, 0.4) is 0 Å². The molecule has 0 unspecified atom stereocenters. The van der Waals surface area contributed by atoms with Gasteiger partial charge in [-0.2, -0.15) is 18.2 Å². The smallest absolute Gasteiger partial charge is 0.364 e. The normalized spacial score (nSPS) is 16.7. The van der Waals surface area contributed by atoms with E-state index in [9.17, 15) is 23.3 Å². The zero-order chi connectivity index (χ0) is 17.2. The number of hydrogen-bond donors (Lipinski definition) is 1. The summed E-state index contributed by atoms with van der Waals surface area (Å²) in [6.07, 6.45) is -4.65. The Morgan fingerprint density at radius 1 is 1.52 bits per heavy atom. The molecular weight excluding hydrogens is 353 g/mol. The summed E-state index contributed by atoms with van der Waals surface area (Å²) in [5.74, 6) is 0.601. The predicted molar refractivity (Wildman–Crippen MR) is 87.0 cm³/mol. The Balaban J connectivity index is 2.48. The van der Waals surface area contributed by atoms with Gasteiger partial charge in [0.05, 0.1) is 10.5 Å². The number of nitro benzene ring substituents is 1. The molecule has 6 nitrogen and oxygen atoms in total. The molecule has 1 heterocycles. The van der Waals surface area contributed by atoms with Crippen LogP contribution in [0.25, 0.3) is 0 Å². The Morgan fingerprint density at radius 3 is 2.78 bits per heavy atom. The molecule has 0 bridgehead atoms. The molecule has 23 heavy (non-hydrogen) atoms. The Bertz CT molecular complexity index is 679. The summed E-state index contributed by atoms with van der Waals surface area (Å²) in [6, 6.07) is 2.44. The van der Waals surface area contributed by atoms with E-state index in [0.29, 0.717) is 23.5 Å². The van der Waals surface area contributed by atoms with Crippen molar-refractivity contribution in [2.24, 2.45) is 4.99 Å². The number of anilines is 1. The van der Waals surface area contributed by atoms with Crippen molar-refractivity contribution in [2.75, 3.05) is 24.2 Å². The average Bonchev–Trinajstić information content (AvgIpc) is 2.93. The molecule has 1 aliphatic rings. The molecule has 0 atom stereocenters. The van der Waals surface area contributed by atoms with Gasteiger partial charge in [0.1, 0.15) is 5.69 Å². The van der Waals surface area contributed by atoms with Crippen LogP contribution in [0.1, 0.15) is 5.56 Å². The predicted octanol–water partition coefficient (Wildman–Crippen LogP) is 3.03. The van der Waals surface area contributed by atoms with Gasteiger partial charge in [0.25, 0.3) is 5.69 Å². The summed E-state index contributed by atoms with van der Waals surface area (Å²) in [5.41, 5.74) is -1.62. The monoisotopic (exact) mass is 364 g/mol. The number of benzene rings is 1. The molecule has 1 N–H and O–H groups in total. The maximum atomic E-state index is 12.7. The van der Waals surface area contributed by atoms with E-state index < -0.39 is 22.4 Å². The van der Waals surface area contributed by atoms with Gasteiger partial charge >= 0.3 is 6.18 Å². The molecule has 1 aromatic rings. The van der Waals surface area contributed by atoms with Crippen molar-refractivity contribution >= 4 is 45.6 Å². The van der Waals surface area contributed by atoms with Gasteiger partial charge in [-0.15, -0.1) is 0 Å². The number of hydrogen-bond acceptors (Lipinski definition) is 4. The minimum atomic E-state index is -4.65. The number of thioether (sulfide) groups is 1. The summed E-state index contributed by atoms with van der Waals surface area (Å²) in [7, 11) is 1.58. The molecule has 0 radical (unpaired) electrons. The molecule has 124 valence electrons. The zero-order valence-corrected chi connectivity index (χ0v) is 13.4. The highest BCUT2D eigenvalue weighted by molar-refractivity contribution is 8.14. The lowest BCUT2D eigenvalue weighted by Crippen LogP contribution is -2.27. The van der Waals surface area contributed by atoms with Crippen LogP contribution in [0, 0.1) is 10.1 Å². The number of nitrogens with zero attached hydrogens (tertiary/aromatic N) is 3. The third kappa shape index (κ3) is 3.91. The molecule has 11 heteroatoms. The standard InChI is InChI=1S/C12H11F3N4O2S2/c1-16-10(22)17-11-18(4-5-23-11)8-3-2-7(12(13,14)15)6-9(8)19(20)21/h2-3,6H,4-5H2,1H3,(H,16,22). The number of aliphatic imine (C=N–C) groups is 1. The van der Waals surface area contributed by atoms with E-state index >= 15 is 0 Å². The van der Waals surface area contributed by atoms with Gasteiger partial charge in [0.15, 0.2) is 10.3 Å². The summed E-state index contributed by atoms with van der Waals surface area (Å²) in [6.45, 7) is 0.391. The van der Waals surface area contributed by atoms with E-state index in [2.05, 4.69) is 10.3 Å². The minimum Gasteiger partial charge on any atom is -0.364 e. The highest BCUT2D eigenvalue weighted by Crippen LogP contribution is 2.38. The molecule has 0 spiro atoms. The maximum absolute atomic E-state index is 12.7. The second kappa shape index (κ2) is 6.71. The molecule has 1 saturated heterocycles. The highest BCUT2D eigenvalue weighted by Gasteiger charge is 2.35. The first-order valence-electron chi connectivity index (χ1n) is 6.30. The fourth-order valence-electron chi connectivity index (χ4n) is 1.93. The first-order valence-corrected chi connectivity index (χ1v) is 7.70. The molecule has 1 aliphatic heterocycles. The van der Waals surface area contributed by atoms with E-state index in [1.54, 1.807) is 7.05 Å². The van der Waals surface area contributed by atoms with Crippen LogP contribution < -0.4 is 10.2 Å². The molecule has 0 aromatic heterocycles. The van der Waals surface area contributed by atoms with Crippen LogP contribution in [0.4, 0.5) is 24.5 Å². The van der Waals surface area contributed by atoms with Crippen molar-refractivity contribution in [1.29, 1.82) is 0 Å². The van der Waals surface area contributed by atoms with Crippen LogP contribution in [0.2, 0.25) is 0 Å². The van der Waals surface area contributed by atoms with Crippen LogP contribution in [0.5, 0.6) is 0 Å². The van der Waals surface area contributed by atoms with E-state index in [1.165, 1.54) is 16.7 Å². The molecule has 0 saturated carbocycles. The van der Waals surface area contributed by atoms with Crippen molar-refractivity contribution in [3.05, 3.63) is 33.9 Å². The number of thiocarbonyl (C=S) groups is 1. The highest BCUT2D eigenvalue weighted by atomic mass is 32.2. The lowest BCUT2D eigenvalue weighted by molar-refractivity contribution is -0.384. The molecule has 0 aliphatic carbocycles. The van der Waals surface area contributed by atoms with Crippen molar-refractivity contribution in [3.8, 4) is 0 Å². The number of rotatable bonds is 2. The van der Waals surface area contributed by atoms with Gasteiger partial charge in [-0.05, 0) is 24.4 Å². The Hall–Kier alpha value is -1.88. The number of alkyl halides is 3. The van der Waals surface area contributed by atoms with Crippen molar-refractivity contribution in [2.45, 2.75) is 6.18 Å². The zero-order valence-electron chi connectivity index (χ0n) is 11.8. The summed E-state index contributed by atoms with van der Waals surface area (Å²) in [5, 5.41) is 14.4. The molecule has 1 fully saturated rings. The SMILES string of the molecule is CNC(=S)N=C1SCCN1c1ccc(C(F)(F)F)cc1[N+](=O)[O-]. The second-order valence-corrected chi connectivity index (χ2v) is 5.86. The number of halogens is 3. The summed E-state index contributed by atoms with van der Waals surface area (Å²) < 4.78 is 38.2. The third-order valence-electron chi connectivity index (χ3n) is 2.98. The largest absolute Gasteiger partial charge is 0.416 e. The van der Waals surface area contributed by atoms with Gasteiger partial charge in [-0.25, -0.2) is 0 Å². The summed E-state index contributed by atoms with van der Waals surface area (Å²) in [4.78, 5) is 15.9. The topological polar surface area (TPSA) is 70.8 Å². The Kier molecular flexibility index (Phi) is 5.09. The lowest BCUT2D eigenvalue weighted by atomic mass is 10.1. The van der Waals surface area contributed by atoms with Crippen LogP contribution in [-0.4, -0.2) is 34.5 Å². The lowest BCUT2D eigenvalue weighted by Gasteiger charge is -2.19. The van der Waals surface area contributed by atoms with Crippen molar-refractivity contribution in [3.63, 3.8) is 0 Å². The third-order valence-corrected chi connectivity index (χ3v) is 4.23. The van der Waals surface area contributed by atoms with E-state index in [4.69, 9.17) is 12.2 Å². The quantitative estimate of drug-likeness (QED) is 0.494. The van der Waals surface area contributed by atoms with Gasteiger partial charge < -0.3 is 10.2 Å². The van der Waals surface area contributed by atoms with E-state index in [-0.39, 0.29) is 10.8 Å². The second-order valence-electron chi connectivity index (χ2n) is 4.41. The molecule has 2 rings (SSSR count). The Labute approximate surface area is 138 Å². The van der Waals surface area contributed by atoms with Crippen LogP contribution in [-0.2, 0) is 6.18 Å². The van der Waals surface area contributed by atoms with Crippen molar-refractivity contribution < 1.29 is 18.1 Å². The fourth-order valence-corrected chi connectivity index (χ4v) is 3.04. The first-order chi connectivity index (χ1) is 10.7. The van der Waals surface area contributed by atoms with Crippen molar-refractivity contribution in [1.82, 2.24) is 5.32 Å². The average molecular weight is 364 g/mol. The van der Waals surface area contributed by atoms with Gasteiger partial charge in [0.2, 0.25) is 0 Å². The Morgan fingerprint density at radius 2 is 2.22 bits per heavy atom. The number of nitro groups is 1. The summed E-state index contributed by atoms with van der Waals surface area (Å²) >= 11 is 6.25. The first kappa shape index (κ1) is 17.5. The fraction of sp³-hybridized carbons (Fsp3) is 0.333. The van der Waals surface area contributed by atoms with Gasteiger partial charge in [-0.3, -0.25) is 10.1 Å². The molecule has 0 amide bonds. The van der Waals surface area contributed by atoms with E-state index in [1.807, 2.05) is 0 Å². The van der Waals surface area contributed by atoms with Crippen LogP contribution >= 0.6 is 24.0 Å². The van der Waals surface area contributed by atoms with Crippen LogP contribution in [0.15, 0.2) is 23.2 Å². The maximum Gasteiger partial charge on any atom is 0.416 e. The van der Waals surface area contributed by atoms with Gasteiger partial charge in [-0.1, -0.05) is 11.8 Å². The number of nitrogens with one attached hydrogen (secondary N) is 1. The number of amidine groups is 1.